The number of halogens is 3. The smallest absolute Gasteiger partial charge is 0.478 e. The number of hydrogen-bond acceptors (Lipinski definition) is 5. The van der Waals surface area contributed by atoms with Crippen molar-refractivity contribution in [1.29, 1.82) is 0 Å². The summed E-state index contributed by atoms with van der Waals surface area (Å²) < 4.78 is 47.0. The van der Waals surface area contributed by atoms with E-state index < -0.39 is 40.8 Å². The van der Waals surface area contributed by atoms with E-state index in [0.29, 0.717) is 0 Å². The van der Waals surface area contributed by atoms with E-state index in [-0.39, 0.29) is 29.8 Å². The molecule has 7 nitrogen and oxygen atoms in total. The Balaban J connectivity index is 2.01. The Morgan fingerprint density at radius 1 is 1.00 bits per heavy atom. The fraction of sp³-hybridized carbons (Fsp3) is 0.417. The van der Waals surface area contributed by atoms with Gasteiger partial charge in [0.25, 0.3) is 0 Å². The minimum absolute atomic E-state index is 0.0660. The van der Waals surface area contributed by atoms with E-state index in [9.17, 15) is 33.0 Å². The Morgan fingerprint density at radius 2 is 1.59 bits per heavy atom. The van der Waals surface area contributed by atoms with E-state index in [1.807, 2.05) is 0 Å². The number of aliphatic hydroxyl groups is 1. The lowest BCUT2D eigenvalue weighted by atomic mass is 9.62. The van der Waals surface area contributed by atoms with Crippen molar-refractivity contribution in [2.45, 2.75) is 45.3 Å². The third-order valence-corrected chi connectivity index (χ3v) is 5.64. The van der Waals surface area contributed by atoms with E-state index in [0.717, 1.165) is 12.1 Å². The number of carboxylic acid groups (broad SMARTS) is 1. The molecule has 34 heavy (non-hydrogen) atoms. The number of rotatable bonds is 5. The summed E-state index contributed by atoms with van der Waals surface area (Å²) >= 11 is 0. The molecule has 2 aromatic carbocycles. The van der Waals surface area contributed by atoms with E-state index in [2.05, 4.69) is 4.74 Å². The van der Waals surface area contributed by atoms with Crippen LogP contribution >= 0.6 is 0 Å². The van der Waals surface area contributed by atoms with E-state index >= 15 is 0 Å². The number of benzene rings is 2. The lowest BCUT2D eigenvalue weighted by molar-refractivity contribution is -0.274. The van der Waals surface area contributed by atoms with Crippen LogP contribution in [0.2, 0.25) is 0 Å². The second kappa shape index (κ2) is 8.50. The molecule has 1 amide bonds. The van der Waals surface area contributed by atoms with Gasteiger partial charge in [-0.3, -0.25) is 0 Å². The van der Waals surface area contributed by atoms with Crippen LogP contribution in [0.3, 0.4) is 0 Å². The number of nitrogens with zero attached hydrogens (tertiary/aromatic N) is 1. The van der Waals surface area contributed by atoms with Crippen molar-refractivity contribution in [3.8, 4) is 5.75 Å². The molecule has 184 valence electrons. The summed E-state index contributed by atoms with van der Waals surface area (Å²) in [7, 11) is 0. The first-order valence-corrected chi connectivity index (χ1v) is 10.4. The van der Waals surface area contributed by atoms with Gasteiger partial charge in [0.1, 0.15) is 17.0 Å². The molecule has 1 aliphatic heterocycles. The van der Waals surface area contributed by atoms with Crippen LogP contribution in [0.5, 0.6) is 5.75 Å². The van der Waals surface area contributed by atoms with Gasteiger partial charge in [0, 0.05) is 18.5 Å². The average molecular weight is 481 g/mol. The second-order valence-corrected chi connectivity index (χ2v) is 9.57. The molecule has 0 unspecified atom stereocenters. The van der Waals surface area contributed by atoms with Crippen molar-refractivity contribution in [3.63, 3.8) is 0 Å². The molecule has 1 atom stereocenters. The normalized spacial score (nSPS) is 17.4. The van der Waals surface area contributed by atoms with Gasteiger partial charge in [-0.2, -0.15) is 0 Å². The molecule has 1 fully saturated rings. The van der Waals surface area contributed by atoms with Crippen molar-refractivity contribution < 1.29 is 42.4 Å². The summed E-state index contributed by atoms with van der Waals surface area (Å²) in [6, 6.07) is 10.4. The van der Waals surface area contributed by atoms with Gasteiger partial charge < -0.3 is 24.6 Å². The second-order valence-electron chi connectivity index (χ2n) is 9.57. The fourth-order valence-electron chi connectivity index (χ4n) is 4.12. The zero-order valence-electron chi connectivity index (χ0n) is 19.1. The van der Waals surface area contributed by atoms with E-state index in [1.165, 1.54) is 41.3 Å². The van der Waals surface area contributed by atoms with Gasteiger partial charge in [-0.15, -0.1) is 13.2 Å². The molecule has 0 aromatic heterocycles. The molecule has 2 aromatic rings. The lowest BCUT2D eigenvalue weighted by Crippen LogP contribution is -2.66. The zero-order chi connectivity index (χ0) is 25.5. The molecule has 0 bridgehead atoms. The van der Waals surface area contributed by atoms with Gasteiger partial charge in [0.2, 0.25) is 0 Å². The number of likely N-dealkylation sites (tertiary alicyclic amines) is 1. The minimum Gasteiger partial charge on any atom is -0.478 e. The monoisotopic (exact) mass is 481 g/mol. The van der Waals surface area contributed by atoms with E-state index in [4.69, 9.17) is 4.74 Å². The summed E-state index contributed by atoms with van der Waals surface area (Å²) in [6.45, 7) is 7.01. The van der Waals surface area contributed by atoms with Gasteiger partial charge >= 0.3 is 18.4 Å². The summed E-state index contributed by atoms with van der Waals surface area (Å²) in [5, 5.41) is 21.5. The molecule has 10 heteroatoms. The van der Waals surface area contributed by atoms with Gasteiger partial charge in [-0.25, -0.2) is 9.59 Å². The highest BCUT2D eigenvalue weighted by Crippen LogP contribution is 2.51. The predicted molar refractivity (Wildman–Crippen MR) is 115 cm³/mol. The first-order valence-electron chi connectivity index (χ1n) is 10.4. The molecule has 3 rings (SSSR count). The molecular formula is C24H26F3NO6. The Morgan fingerprint density at radius 3 is 2.09 bits per heavy atom. The van der Waals surface area contributed by atoms with Crippen LogP contribution in [0.15, 0.2) is 48.5 Å². The number of amides is 1. The van der Waals surface area contributed by atoms with Gasteiger partial charge in [-0.1, -0.05) is 31.2 Å². The number of carboxylic acids is 1. The fourth-order valence-corrected chi connectivity index (χ4v) is 4.12. The number of carbonyl (C=O) groups is 2. The van der Waals surface area contributed by atoms with Crippen molar-refractivity contribution >= 4 is 12.1 Å². The Labute approximate surface area is 194 Å². The summed E-state index contributed by atoms with van der Waals surface area (Å²) in [6.07, 6.45) is -5.44. The molecule has 0 spiro atoms. The third kappa shape index (κ3) is 5.11. The molecule has 2 N–H and O–H groups in total. The van der Waals surface area contributed by atoms with Crippen LogP contribution in [0, 0.1) is 5.41 Å². The highest BCUT2D eigenvalue weighted by molar-refractivity contribution is 5.87. The minimum atomic E-state index is -4.87. The Bertz CT molecular complexity index is 1070. The van der Waals surface area contributed by atoms with Crippen LogP contribution in [0.1, 0.15) is 49.2 Å². The number of alkyl halides is 3. The van der Waals surface area contributed by atoms with Crippen LogP contribution in [-0.4, -0.2) is 52.2 Å². The Kier molecular flexibility index (Phi) is 6.34. The highest BCUT2D eigenvalue weighted by Gasteiger charge is 2.58. The van der Waals surface area contributed by atoms with Crippen molar-refractivity contribution in [1.82, 2.24) is 4.90 Å². The molecule has 1 saturated heterocycles. The maximum absolute atomic E-state index is 12.6. The van der Waals surface area contributed by atoms with Crippen LogP contribution in [0.4, 0.5) is 18.0 Å². The number of carbonyl (C=O) groups excluding carboxylic acids is 1. The van der Waals surface area contributed by atoms with Crippen LogP contribution in [-0.2, 0) is 10.3 Å². The largest absolute Gasteiger partial charge is 0.573 e. The summed E-state index contributed by atoms with van der Waals surface area (Å²) in [5.74, 6) is -1.67. The molecule has 0 aliphatic carbocycles. The van der Waals surface area contributed by atoms with Crippen molar-refractivity contribution in [2.24, 2.45) is 5.41 Å². The zero-order valence-corrected chi connectivity index (χ0v) is 19.1. The molecule has 0 saturated carbocycles. The summed E-state index contributed by atoms with van der Waals surface area (Å²) in [4.78, 5) is 25.4. The van der Waals surface area contributed by atoms with Crippen LogP contribution < -0.4 is 4.74 Å². The van der Waals surface area contributed by atoms with E-state index in [1.54, 1.807) is 27.7 Å². The third-order valence-electron chi connectivity index (χ3n) is 5.64. The maximum Gasteiger partial charge on any atom is 0.573 e. The maximum atomic E-state index is 12.6. The topological polar surface area (TPSA) is 96.3 Å². The van der Waals surface area contributed by atoms with Crippen molar-refractivity contribution in [2.75, 3.05) is 13.1 Å². The SMILES string of the molecule is CC(C)(C)OC(=O)N1CC(C)([C@](O)(c2ccc(OC(F)(F)F)cc2)c2cccc(C(=O)O)c2)C1. The first kappa shape index (κ1) is 25.4. The summed E-state index contributed by atoms with van der Waals surface area (Å²) in [5.41, 5.74) is -3.19. The molecule has 1 aliphatic rings. The molecule has 1 heterocycles. The standard InChI is InChI=1S/C24H26F3NO6/c1-21(2,3)34-20(31)28-13-22(4,14-28)23(32,17-7-5-6-15(12-17)19(29)30)16-8-10-18(11-9-16)33-24(25,26)27/h5-12,32H,13-14H2,1-4H3,(H,29,30)/t23-/m0/s1. The number of aromatic carboxylic acids is 1. The van der Waals surface area contributed by atoms with Crippen molar-refractivity contribution in [3.05, 3.63) is 65.2 Å². The Hall–Kier alpha value is -3.27. The van der Waals surface area contributed by atoms with Gasteiger partial charge in [0.05, 0.1) is 5.56 Å². The van der Waals surface area contributed by atoms with Gasteiger partial charge in [0.15, 0.2) is 0 Å². The quantitative estimate of drug-likeness (QED) is 0.638. The average Bonchev–Trinajstić information content (AvgIpc) is 2.69. The molecule has 0 radical (unpaired) electrons. The number of ether oxygens (including phenoxy) is 2. The number of hydrogen-bond donors (Lipinski definition) is 2. The van der Waals surface area contributed by atoms with Gasteiger partial charge in [-0.05, 0) is 56.2 Å². The lowest BCUT2D eigenvalue weighted by Gasteiger charge is -2.56. The van der Waals surface area contributed by atoms with Crippen LogP contribution in [0.25, 0.3) is 0 Å². The predicted octanol–water partition coefficient (Wildman–Crippen LogP) is 4.78. The first-order chi connectivity index (χ1) is 15.5. The highest BCUT2D eigenvalue weighted by atomic mass is 19.4. The molecular weight excluding hydrogens is 455 g/mol.